The maximum Gasteiger partial charge on any atom is 0.408 e. The van der Waals surface area contributed by atoms with Gasteiger partial charge in [-0.05, 0) is 88.4 Å². The van der Waals surface area contributed by atoms with Crippen LogP contribution in [0.3, 0.4) is 0 Å². The fourth-order valence-corrected chi connectivity index (χ4v) is 5.12. The predicted octanol–water partition coefficient (Wildman–Crippen LogP) is 6.89. The average Bonchev–Trinajstić information content (AvgIpc) is 2.93. The Hall–Kier alpha value is -3.72. The van der Waals surface area contributed by atoms with Gasteiger partial charge in [-0.1, -0.05) is 55.5 Å². The van der Waals surface area contributed by atoms with Gasteiger partial charge in [-0.15, -0.1) is 0 Å². The number of rotatable bonds is 11. The van der Waals surface area contributed by atoms with Crippen LogP contribution in [0.15, 0.2) is 66.7 Å². The van der Waals surface area contributed by atoms with Gasteiger partial charge < -0.3 is 25.4 Å². The highest BCUT2D eigenvalue weighted by molar-refractivity contribution is 7.98. The number of amides is 3. The zero-order chi connectivity index (χ0) is 31.1. The number of alkyl carbamates (subject to hydrolysis) is 1. The minimum absolute atomic E-state index is 0.110. The second-order valence-corrected chi connectivity index (χ2v) is 12.9. The number of hydrogen-bond donors (Lipinski definition) is 3. The predicted molar refractivity (Wildman–Crippen MR) is 171 cm³/mol. The summed E-state index contributed by atoms with van der Waals surface area (Å²) in [5, 5.41) is 18.7. The van der Waals surface area contributed by atoms with E-state index in [4.69, 9.17) is 4.74 Å². The summed E-state index contributed by atoms with van der Waals surface area (Å²) in [4.78, 5) is 43.0. The SMILES string of the molecule is CCC(C)(C)N(C(=O)C(CCSC)NC(=O)OC(C)(C)C)C(C(=O)Nc1ccc2ccccc2c1)c1ccccc1O. The number of fused-ring (bicyclic) bond motifs is 1. The van der Waals surface area contributed by atoms with Gasteiger partial charge in [-0.25, -0.2) is 4.79 Å². The molecule has 0 aliphatic rings. The number of phenols is 1. The summed E-state index contributed by atoms with van der Waals surface area (Å²) in [6.07, 6.45) is 2.05. The van der Waals surface area contributed by atoms with Crippen molar-refractivity contribution in [3.05, 3.63) is 72.3 Å². The van der Waals surface area contributed by atoms with Gasteiger partial charge in [0, 0.05) is 16.8 Å². The van der Waals surface area contributed by atoms with E-state index in [0.717, 1.165) is 10.8 Å². The number of thioether (sulfide) groups is 1. The van der Waals surface area contributed by atoms with Gasteiger partial charge in [0.1, 0.15) is 23.4 Å². The van der Waals surface area contributed by atoms with E-state index >= 15 is 0 Å². The Kier molecular flexibility index (Phi) is 10.9. The maximum atomic E-state index is 14.5. The third-order valence-corrected chi connectivity index (χ3v) is 7.75. The molecule has 0 radical (unpaired) electrons. The van der Waals surface area contributed by atoms with Crippen LogP contribution in [0.4, 0.5) is 10.5 Å². The van der Waals surface area contributed by atoms with Crippen molar-refractivity contribution in [3.8, 4) is 5.75 Å². The lowest BCUT2D eigenvalue weighted by atomic mass is 9.91. The molecule has 0 saturated carbocycles. The molecule has 0 aromatic heterocycles. The molecule has 3 aromatic carbocycles. The topological polar surface area (TPSA) is 108 Å². The third kappa shape index (κ3) is 8.41. The molecule has 0 heterocycles. The number of nitrogens with one attached hydrogen (secondary N) is 2. The van der Waals surface area contributed by atoms with Crippen LogP contribution >= 0.6 is 11.8 Å². The first-order valence-electron chi connectivity index (χ1n) is 14.2. The first kappa shape index (κ1) is 32.8. The molecule has 42 heavy (non-hydrogen) atoms. The second-order valence-electron chi connectivity index (χ2n) is 11.9. The third-order valence-electron chi connectivity index (χ3n) is 7.11. The van der Waals surface area contributed by atoms with Gasteiger partial charge in [0.15, 0.2) is 0 Å². The van der Waals surface area contributed by atoms with Crippen LogP contribution in [0.25, 0.3) is 10.8 Å². The number of aromatic hydroxyl groups is 1. The highest BCUT2D eigenvalue weighted by Gasteiger charge is 2.44. The normalized spacial score (nSPS) is 13.2. The Morgan fingerprint density at radius 1 is 0.952 bits per heavy atom. The molecule has 3 amide bonds. The molecule has 2 atom stereocenters. The molecular weight excluding hydrogens is 550 g/mol. The lowest BCUT2D eigenvalue weighted by Gasteiger charge is -2.44. The van der Waals surface area contributed by atoms with Crippen molar-refractivity contribution in [2.24, 2.45) is 0 Å². The molecule has 0 saturated heterocycles. The zero-order valence-corrected chi connectivity index (χ0v) is 26.4. The van der Waals surface area contributed by atoms with Crippen LogP contribution in [0.1, 0.15) is 66.0 Å². The second kappa shape index (κ2) is 14.0. The lowest BCUT2D eigenvalue weighted by Crippen LogP contribution is -2.59. The summed E-state index contributed by atoms with van der Waals surface area (Å²) in [5.74, 6) is -0.440. The summed E-state index contributed by atoms with van der Waals surface area (Å²) in [6, 6.07) is 17.8. The van der Waals surface area contributed by atoms with Crippen molar-refractivity contribution in [1.29, 1.82) is 0 Å². The minimum Gasteiger partial charge on any atom is -0.508 e. The molecule has 0 bridgehead atoms. The summed E-state index contributed by atoms with van der Waals surface area (Å²) < 4.78 is 5.47. The van der Waals surface area contributed by atoms with Crippen LogP contribution in [-0.4, -0.2) is 57.1 Å². The summed E-state index contributed by atoms with van der Waals surface area (Å²) in [6.45, 7) is 10.9. The number of benzene rings is 3. The fraction of sp³-hybridized carbons (Fsp3) is 0.424. The maximum absolute atomic E-state index is 14.5. The van der Waals surface area contributed by atoms with Gasteiger partial charge in [0.25, 0.3) is 5.91 Å². The minimum atomic E-state index is -1.20. The van der Waals surface area contributed by atoms with E-state index < -0.39 is 41.1 Å². The molecule has 8 nitrogen and oxygen atoms in total. The fourth-order valence-electron chi connectivity index (χ4n) is 4.65. The van der Waals surface area contributed by atoms with Crippen molar-refractivity contribution < 1.29 is 24.2 Å². The molecule has 0 spiro atoms. The van der Waals surface area contributed by atoms with E-state index in [0.29, 0.717) is 24.3 Å². The molecular formula is C33H43N3O5S. The molecule has 3 N–H and O–H groups in total. The van der Waals surface area contributed by atoms with Crippen LogP contribution < -0.4 is 10.6 Å². The highest BCUT2D eigenvalue weighted by Crippen LogP contribution is 2.37. The van der Waals surface area contributed by atoms with Crippen molar-refractivity contribution >= 4 is 46.1 Å². The Morgan fingerprint density at radius 3 is 2.21 bits per heavy atom. The van der Waals surface area contributed by atoms with E-state index in [1.807, 2.05) is 69.5 Å². The standard InChI is InChI=1S/C33H43N3O5S/c1-8-33(5,6)36(30(39)26(19-20-42-7)35-31(40)41-32(2,3)4)28(25-15-11-12-16-27(25)37)29(38)34-24-18-17-22-13-9-10-14-23(22)21-24/h9-18,21,26,28,37H,8,19-20H2,1-7H3,(H,34,38)(H,35,40). The molecule has 226 valence electrons. The Balaban J connectivity index is 2.10. The van der Waals surface area contributed by atoms with E-state index in [1.54, 1.807) is 50.7 Å². The van der Waals surface area contributed by atoms with Crippen molar-refractivity contribution in [2.75, 3.05) is 17.3 Å². The van der Waals surface area contributed by atoms with Gasteiger partial charge in [0.05, 0.1) is 0 Å². The number of para-hydroxylation sites is 1. The molecule has 3 rings (SSSR count). The van der Waals surface area contributed by atoms with Crippen molar-refractivity contribution in [2.45, 2.75) is 77.6 Å². The monoisotopic (exact) mass is 593 g/mol. The summed E-state index contributed by atoms with van der Waals surface area (Å²) in [5.41, 5.74) is -0.742. The first-order valence-corrected chi connectivity index (χ1v) is 15.6. The number of carbonyl (C=O) groups is 3. The first-order chi connectivity index (χ1) is 19.8. The van der Waals surface area contributed by atoms with E-state index in [2.05, 4.69) is 10.6 Å². The zero-order valence-electron chi connectivity index (χ0n) is 25.6. The molecule has 9 heteroatoms. The smallest absolute Gasteiger partial charge is 0.408 e. The number of nitrogens with zero attached hydrogens (tertiary/aromatic N) is 1. The van der Waals surface area contributed by atoms with Crippen LogP contribution in [0.5, 0.6) is 5.75 Å². The van der Waals surface area contributed by atoms with Crippen molar-refractivity contribution in [3.63, 3.8) is 0 Å². The van der Waals surface area contributed by atoms with Gasteiger partial charge in [-0.2, -0.15) is 11.8 Å². The number of phenolic OH excluding ortho intramolecular Hbond substituents is 1. The number of anilines is 1. The number of ether oxygens (including phenoxy) is 1. The van der Waals surface area contributed by atoms with Crippen LogP contribution in [0.2, 0.25) is 0 Å². The van der Waals surface area contributed by atoms with Gasteiger partial charge in [-0.3, -0.25) is 9.59 Å². The number of hydrogen-bond acceptors (Lipinski definition) is 6. The van der Waals surface area contributed by atoms with Crippen LogP contribution in [-0.2, 0) is 14.3 Å². The Morgan fingerprint density at radius 2 is 1.60 bits per heavy atom. The van der Waals surface area contributed by atoms with Crippen molar-refractivity contribution in [1.82, 2.24) is 10.2 Å². The Bertz CT molecular complexity index is 1400. The molecule has 2 unspecified atom stereocenters. The summed E-state index contributed by atoms with van der Waals surface area (Å²) >= 11 is 1.55. The highest BCUT2D eigenvalue weighted by atomic mass is 32.2. The molecule has 0 aliphatic heterocycles. The molecule has 0 fully saturated rings. The van der Waals surface area contributed by atoms with E-state index in [1.165, 1.54) is 11.0 Å². The lowest BCUT2D eigenvalue weighted by molar-refractivity contribution is -0.147. The molecule has 3 aromatic rings. The van der Waals surface area contributed by atoms with E-state index in [9.17, 15) is 19.5 Å². The molecule has 0 aliphatic carbocycles. The Labute approximate surface area is 253 Å². The average molecular weight is 594 g/mol. The largest absolute Gasteiger partial charge is 0.508 e. The summed E-state index contributed by atoms with van der Waals surface area (Å²) in [7, 11) is 0. The van der Waals surface area contributed by atoms with Crippen LogP contribution in [0, 0.1) is 0 Å². The van der Waals surface area contributed by atoms with Gasteiger partial charge >= 0.3 is 6.09 Å². The quantitative estimate of drug-likeness (QED) is 0.224. The number of carbonyl (C=O) groups excluding carboxylic acids is 3. The van der Waals surface area contributed by atoms with E-state index in [-0.39, 0.29) is 11.3 Å². The van der Waals surface area contributed by atoms with Gasteiger partial charge in [0.2, 0.25) is 5.91 Å².